The van der Waals surface area contributed by atoms with E-state index in [0.717, 1.165) is 48.8 Å². The van der Waals surface area contributed by atoms with Gasteiger partial charge in [0.1, 0.15) is 11.9 Å². The lowest BCUT2D eigenvalue weighted by atomic mass is 10.0. The van der Waals surface area contributed by atoms with E-state index in [4.69, 9.17) is 16.6 Å². The fourth-order valence-electron chi connectivity index (χ4n) is 4.89. The first-order valence-corrected chi connectivity index (χ1v) is 13.5. The summed E-state index contributed by atoms with van der Waals surface area (Å²) >= 11 is 6.33. The zero-order valence-electron chi connectivity index (χ0n) is 22.4. The Morgan fingerprint density at radius 2 is 1.92 bits per heavy atom. The van der Waals surface area contributed by atoms with Crippen molar-refractivity contribution >= 4 is 35.2 Å². The van der Waals surface area contributed by atoms with Crippen LogP contribution in [0, 0.1) is 0 Å². The third-order valence-electron chi connectivity index (χ3n) is 7.33. The highest BCUT2D eigenvalue weighted by Crippen LogP contribution is 2.32. The van der Waals surface area contributed by atoms with Crippen LogP contribution in [-0.4, -0.2) is 89.4 Å². The summed E-state index contributed by atoms with van der Waals surface area (Å²) in [6.45, 7) is 6.53. The number of likely N-dealkylation sites (N-methyl/N-ethyl adjacent to an activating group) is 1. The lowest BCUT2D eigenvalue weighted by Crippen LogP contribution is -2.45. The van der Waals surface area contributed by atoms with Crippen molar-refractivity contribution in [2.45, 2.75) is 25.9 Å². The Kier molecular flexibility index (Phi) is 7.94. The quantitative estimate of drug-likeness (QED) is 0.442. The molecule has 2 aromatic heterocycles. The number of aromatic nitrogens is 3. The number of amides is 2. The Bertz CT molecular complexity index is 1380. The van der Waals surface area contributed by atoms with Crippen LogP contribution in [0.1, 0.15) is 28.5 Å². The number of hydrogen-bond donors (Lipinski definition) is 2. The summed E-state index contributed by atoms with van der Waals surface area (Å²) in [5, 5.41) is 6.28. The monoisotopic (exact) mass is 548 g/mol. The van der Waals surface area contributed by atoms with Gasteiger partial charge in [-0.1, -0.05) is 29.8 Å². The zero-order chi connectivity index (χ0) is 27.5. The molecule has 1 fully saturated rings. The van der Waals surface area contributed by atoms with Gasteiger partial charge in [-0.05, 0) is 37.7 Å². The molecule has 2 aliphatic rings. The van der Waals surface area contributed by atoms with Crippen molar-refractivity contribution in [3.63, 3.8) is 0 Å². The maximum Gasteiger partial charge on any atom is 0.255 e. The number of carbonyl (C=O) groups excluding carboxylic acids is 2. The van der Waals surface area contributed by atoms with E-state index in [1.54, 1.807) is 24.9 Å². The number of hydrogen-bond acceptors (Lipinski definition) is 8. The smallest absolute Gasteiger partial charge is 0.255 e. The van der Waals surface area contributed by atoms with Gasteiger partial charge in [0.25, 0.3) is 5.91 Å². The van der Waals surface area contributed by atoms with Gasteiger partial charge in [0.05, 0.1) is 16.9 Å². The van der Waals surface area contributed by atoms with E-state index in [1.807, 2.05) is 30.3 Å². The number of anilines is 2. The van der Waals surface area contributed by atoms with E-state index in [9.17, 15) is 9.59 Å². The highest BCUT2D eigenvalue weighted by Gasteiger charge is 2.34. The standard InChI is InChI=1S/C28H33ClN8O2/c1-18(26(38)31-10-9-21-5-4-6-24(33-21)36-13-11-35(3)12-14-36)37-17-20-8-7-19(15-22(20)27(37)39)25-23(29)16-32-28(30-2)34-25/h4-8,15-16,18H,9-14,17H2,1-3H3,(H,31,38)(H,30,32,34)/t18-/m1/s1. The van der Waals surface area contributed by atoms with E-state index in [0.29, 0.717) is 41.7 Å². The molecule has 0 aliphatic carbocycles. The molecule has 39 heavy (non-hydrogen) atoms. The molecule has 1 aromatic carbocycles. The number of fused-ring (bicyclic) bond motifs is 1. The maximum absolute atomic E-state index is 13.3. The maximum atomic E-state index is 13.3. The van der Waals surface area contributed by atoms with E-state index >= 15 is 0 Å². The van der Waals surface area contributed by atoms with E-state index in [1.165, 1.54) is 6.20 Å². The van der Waals surface area contributed by atoms with Gasteiger partial charge >= 0.3 is 0 Å². The second-order valence-electron chi connectivity index (χ2n) is 9.94. The molecule has 1 saturated heterocycles. The first-order chi connectivity index (χ1) is 18.8. The molecule has 5 rings (SSSR count). The van der Waals surface area contributed by atoms with Crippen molar-refractivity contribution in [2.24, 2.45) is 0 Å². The van der Waals surface area contributed by atoms with Gasteiger partial charge in [0.2, 0.25) is 11.9 Å². The minimum Gasteiger partial charge on any atom is -0.357 e. The van der Waals surface area contributed by atoms with E-state index in [-0.39, 0.29) is 11.8 Å². The number of rotatable bonds is 8. The van der Waals surface area contributed by atoms with Gasteiger partial charge < -0.3 is 25.3 Å². The number of halogens is 1. The van der Waals surface area contributed by atoms with Gasteiger partial charge in [0, 0.05) is 69.6 Å². The van der Waals surface area contributed by atoms with Crippen LogP contribution in [0.5, 0.6) is 0 Å². The number of piperazine rings is 1. The molecule has 0 saturated carbocycles. The van der Waals surface area contributed by atoms with Gasteiger partial charge in [-0.3, -0.25) is 9.59 Å². The molecule has 2 aliphatic heterocycles. The fourth-order valence-corrected chi connectivity index (χ4v) is 5.09. The summed E-state index contributed by atoms with van der Waals surface area (Å²) in [5.74, 6) is 1.04. The Balaban J connectivity index is 1.19. The van der Waals surface area contributed by atoms with Gasteiger partial charge in [-0.2, -0.15) is 0 Å². The molecule has 2 N–H and O–H groups in total. The molecule has 4 heterocycles. The van der Waals surface area contributed by atoms with Crippen LogP contribution in [-0.2, 0) is 17.8 Å². The molecule has 3 aromatic rings. The molecule has 0 bridgehead atoms. The van der Waals surface area contributed by atoms with Crippen LogP contribution in [0.25, 0.3) is 11.3 Å². The molecule has 1 atom stereocenters. The SMILES string of the molecule is CNc1ncc(Cl)c(-c2ccc3c(c2)C(=O)N([C@H](C)C(=O)NCCc2cccc(N4CCN(C)CC4)n2)C3)n1. The van der Waals surface area contributed by atoms with Crippen molar-refractivity contribution in [1.29, 1.82) is 0 Å². The van der Waals surface area contributed by atoms with Crippen molar-refractivity contribution < 1.29 is 9.59 Å². The van der Waals surface area contributed by atoms with Gasteiger partial charge in [0.15, 0.2) is 0 Å². The van der Waals surface area contributed by atoms with Crippen molar-refractivity contribution in [1.82, 2.24) is 30.1 Å². The summed E-state index contributed by atoms with van der Waals surface area (Å²) in [4.78, 5) is 45.8. The highest BCUT2D eigenvalue weighted by atomic mass is 35.5. The molecule has 0 spiro atoms. The minimum atomic E-state index is -0.614. The number of nitrogens with zero attached hydrogens (tertiary/aromatic N) is 6. The van der Waals surface area contributed by atoms with Gasteiger partial charge in [-0.25, -0.2) is 15.0 Å². The molecular weight excluding hydrogens is 516 g/mol. The molecule has 204 valence electrons. The second-order valence-corrected chi connectivity index (χ2v) is 10.3. The van der Waals surface area contributed by atoms with E-state index in [2.05, 4.69) is 37.4 Å². The normalized spacial score (nSPS) is 16.3. The third-order valence-corrected chi connectivity index (χ3v) is 7.61. The van der Waals surface area contributed by atoms with Crippen molar-refractivity contribution in [3.8, 4) is 11.3 Å². The lowest BCUT2D eigenvalue weighted by Gasteiger charge is -2.33. The van der Waals surface area contributed by atoms with Crippen LogP contribution in [0.4, 0.5) is 11.8 Å². The summed E-state index contributed by atoms with van der Waals surface area (Å²) < 4.78 is 0. The Hall–Kier alpha value is -3.76. The largest absolute Gasteiger partial charge is 0.357 e. The lowest BCUT2D eigenvalue weighted by molar-refractivity contribution is -0.125. The highest BCUT2D eigenvalue weighted by molar-refractivity contribution is 6.33. The van der Waals surface area contributed by atoms with Crippen LogP contribution in [0.15, 0.2) is 42.6 Å². The van der Waals surface area contributed by atoms with Crippen molar-refractivity contribution in [2.75, 3.05) is 57.0 Å². The predicted octanol–water partition coefficient (Wildman–Crippen LogP) is 2.69. The van der Waals surface area contributed by atoms with Gasteiger partial charge in [-0.15, -0.1) is 0 Å². The molecular formula is C28H33ClN8O2. The second kappa shape index (κ2) is 11.5. The molecule has 2 amide bonds. The number of pyridine rings is 1. The van der Waals surface area contributed by atoms with Crippen LogP contribution >= 0.6 is 11.6 Å². The number of nitrogens with one attached hydrogen (secondary N) is 2. The molecule has 0 unspecified atom stereocenters. The Labute approximate surface area is 233 Å². The third kappa shape index (κ3) is 5.81. The summed E-state index contributed by atoms with van der Waals surface area (Å²) in [6, 6.07) is 11.0. The molecule has 11 heteroatoms. The predicted molar refractivity (Wildman–Crippen MR) is 152 cm³/mol. The fraction of sp³-hybridized carbons (Fsp3) is 0.393. The summed E-state index contributed by atoms with van der Waals surface area (Å²) in [7, 11) is 3.86. The van der Waals surface area contributed by atoms with Crippen LogP contribution < -0.4 is 15.5 Å². The number of carbonyl (C=O) groups is 2. The minimum absolute atomic E-state index is 0.185. The summed E-state index contributed by atoms with van der Waals surface area (Å²) in [5.41, 5.74) is 3.61. The first kappa shape index (κ1) is 26.8. The Morgan fingerprint density at radius 3 is 2.69 bits per heavy atom. The summed E-state index contributed by atoms with van der Waals surface area (Å²) in [6.07, 6.45) is 2.15. The van der Waals surface area contributed by atoms with Crippen LogP contribution in [0.2, 0.25) is 5.02 Å². The first-order valence-electron chi connectivity index (χ1n) is 13.2. The molecule has 0 radical (unpaired) electrons. The molecule has 10 nitrogen and oxygen atoms in total. The Morgan fingerprint density at radius 1 is 1.13 bits per heavy atom. The number of benzene rings is 1. The topological polar surface area (TPSA) is 107 Å². The average molecular weight is 549 g/mol. The van der Waals surface area contributed by atoms with Crippen molar-refractivity contribution in [3.05, 3.63) is 64.4 Å². The van der Waals surface area contributed by atoms with Crippen LogP contribution in [0.3, 0.4) is 0 Å². The average Bonchev–Trinajstić information content (AvgIpc) is 3.29. The zero-order valence-corrected chi connectivity index (χ0v) is 23.2. The van der Waals surface area contributed by atoms with E-state index < -0.39 is 6.04 Å².